The fraction of sp³-hybridized carbons (Fsp3) is 0.600. The van der Waals surface area contributed by atoms with Gasteiger partial charge in [-0.2, -0.15) is 0 Å². The molecule has 0 saturated carbocycles. The van der Waals surface area contributed by atoms with Gasteiger partial charge in [-0.25, -0.2) is 13.1 Å². The molecule has 0 unspecified atom stereocenters. The number of sulfonamides is 1. The SMILES string of the molecule is CCCNS(=O)(=O)c1cc(CNC)oc1C. The summed E-state index contributed by atoms with van der Waals surface area (Å²) in [5.74, 6) is 1.05. The Hall–Kier alpha value is -0.850. The second-order valence-corrected chi connectivity index (χ2v) is 5.30. The summed E-state index contributed by atoms with van der Waals surface area (Å²) < 4.78 is 31.5. The van der Waals surface area contributed by atoms with E-state index in [1.54, 1.807) is 20.0 Å². The molecule has 0 amide bonds. The molecule has 0 aliphatic carbocycles. The third kappa shape index (κ3) is 3.07. The zero-order valence-electron chi connectivity index (χ0n) is 9.83. The minimum Gasteiger partial charge on any atom is -0.464 e. The molecule has 1 aromatic heterocycles. The molecule has 0 bridgehead atoms. The molecule has 6 heteroatoms. The van der Waals surface area contributed by atoms with Crippen molar-refractivity contribution in [2.45, 2.75) is 31.7 Å². The van der Waals surface area contributed by atoms with Crippen LogP contribution in [0.5, 0.6) is 0 Å². The number of rotatable bonds is 6. The van der Waals surface area contributed by atoms with Crippen molar-refractivity contribution in [3.63, 3.8) is 0 Å². The van der Waals surface area contributed by atoms with Crippen LogP contribution in [-0.4, -0.2) is 22.0 Å². The normalized spacial score (nSPS) is 11.9. The van der Waals surface area contributed by atoms with E-state index in [2.05, 4.69) is 10.0 Å². The van der Waals surface area contributed by atoms with Gasteiger partial charge in [-0.15, -0.1) is 0 Å². The van der Waals surface area contributed by atoms with E-state index in [9.17, 15) is 8.42 Å². The van der Waals surface area contributed by atoms with Crippen molar-refractivity contribution in [2.75, 3.05) is 13.6 Å². The molecule has 5 nitrogen and oxygen atoms in total. The predicted molar refractivity (Wildman–Crippen MR) is 61.7 cm³/mol. The molecule has 0 radical (unpaired) electrons. The van der Waals surface area contributed by atoms with Gasteiger partial charge in [0.25, 0.3) is 0 Å². The Morgan fingerprint density at radius 2 is 2.12 bits per heavy atom. The maximum absolute atomic E-state index is 11.8. The van der Waals surface area contributed by atoms with Gasteiger partial charge in [0.05, 0.1) is 6.54 Å². The van der Waals surface area contributed by atoms with Gasteiger partial charge >= 0.3 is 0 Å². The first-order valence-corrected chi connectivity index (χ1v) is 6.73. The number of furan rings is 1. The highest BCUT2D eigenvalue weighted by molar-refractivity contribution is 7.89. The molecule has 16 heavy (non-hydrogen) atoms. The van der Waals surface area contributed by atoms with E-state index < -0.39 is 10.0 Å². The Morgan fingerprint density at radius 3 is 2.69 bits per heavy atom. The summed E-state index contributed by atoms with van der Waals surface area (Å²) in [4.78, 5) is 0.228. The molecule has 0 aliphatic rings. The highest BCUT2D eigenvalue weighted by atomic mass is 32.2. The molecule has 0 aliphatic heterocycles. The second-order valence-electron chi connectivity index (χ2n) is 3.56. The van der Waals surface area contributed by atoms with Crippen LogP contribution in [0.3, 0.4) is 0 Å². The van der Waals surface area contributed by atoms with Gasteiger partial charge in [0.1, 0.15) is 16.4 Å². The van der Waals surface area contributed by atoms with Crippen molar-refractivity contribution in [1.82, 2.24) is 10.0 Å². The number of hydrogen-bond donors (Lipinski definition) is 2. The lowest BCUT2D eigenvalue weighted by molar-refractivity contribution is 0.465. The molecule has 1 rings (SSSR count). The summed E-state index contributed by atoms with van der Waals surface area (Å²) in [6.07, 6.45) is 0.763. The minimum atomic E-state index is -3.42. The quantitative estimate of drug-likeness (QED) is 0.785. The van der Waals surface area contributed by atoms with Crippen LogP contribution in [0, 0.1) is 6.92 Å². The Kier molecular flexibility index (Phi) is 4.52. The Labute approximate surface area is 96.3 Å². The first kappa shape index (κ1) is 13.2. The molecule has 0 fully saturated rings. The van der Waals surface area contributed by atoms with Gasteiger partial charge in [0.2, 0.25) is 10.0 Å². The largest absolute Gasteiger partial charge is 0.464 e. The lowest BCUT2D eigenvalue weighted by Gasteiger charge is -2.02. The molecule has 1 heterocycles. The average molecular weight is 246 g/mol. The number of hydrogen-bond acceptors (Lipinski definition) is 4. The zero-order valence-corrected chi connectivity index (χ0v) is 10.6. The lowest BCUT2D eigenvalue weighted by atomic mass is 10.4. The smallest absolute Gasteiger partial charge is 0.244 e. The van der Waals surface area contributed by atoms with E-state index in [1.807, 2.05) is 6.92 Å². The summed E-state index contributed by atoms with van der Waals surface area (Å²) in [7, 11) is -1.64. The summed E-state index contributed by atoms with van der Waals surface area (Å²) in [6.45, 7) is 4.52. The Bertz CT molecular complexity index is 437. The Balaban J connectivity index is 2.94. The van der Waals surface area contributed by atoms with Crippen molar-refractivity contribution in [3.05, 3.63) is 17.6 Å². The van der Waals surface area contributed by atoms with Crippen molar-refractivity contribution in [2.24, 2.45) is 0 Å². The highest BCUT2D eigenvalue weighted by Gasteiger charge is 2.20. The third-order valence-corrected chi connectivity index (χ3v) is 3.67. The number of aryl methyl sites for hydroxylation is 1. The van der Waals surface area contributed by atoms with Gasteiger partial charge in [0.15, 0.2) is 0 Å². The fourth-order valence-electron chi connectivity index (χ4n) is 1.37. The van der Waals surface area contributed by atoms with Crippen molar-refractivity contribution in [3.8, 4) is 0 Å². The van der Waals surface area contributed by atoms with Crippen LogP contribution in [0.25, 0.3) is 0 Å². The zero-order chi connectivity index (χ0) is 12.2. The molecular formula is C10H18N2O3S. The monoisotopic (exact) mass is 246 g/mol. The Morgan fingerprint density at radius 1 is 1.44 bits per heavy atom. The maximum Gasteiger partial charge on any atom is 0.244 e. The van der Waals surface area contributed by atoms with Gasteiger partial charge in [-0.3, -0.25) is 0 Å². The van der Waals surface area contributed by atoms with Crippen LogP contribution in [-0.2, 0) is 16.6 Å². The minimum absolute atomic E-state index is 0.228. The van der Waals surface area contributed by atoms with Crippen LogP contribution in [0.1, 0.15) is 24.9 Å². The van der Waals surface area contributed by atoms with Crippen LogP contribution < -0.4 is 10.0 Å². The molecule has 92 valence electrons. The lowest BCUT2D eigenvalue weighted by Crippen LogP contribution is -2.24. The van der Waals surface area contributed by atoms with E-state index in [-0.39, 0.29) is 4.90 Å². The molecule has 0 aromatic carbocycles. The van der Waals surface area contributed by atoms with E-state index in [4.69, 9.17) is 4.42 Å². The van der Waals surface area contributed by atoms with Crippen LogP contribution in [0.2, 0.25) is 0 Å². The second kappa shape index (κ2) is 5.47. The summed E-state index contributed by atoms with van der Waals surface area (Å²) in [5, 5.41) is 2.91. The van der Waals surface area contributed by atoms with Crippen molar-refractivity contribution >= 4 is 10.0 Å². The van der Waals surface area contributed by atoms with Gasteiger partial charge in [0, 0.05) is 12.6 Å². The average Bonchev–Trinajstić information content (AvgIpc) is 2.58. The summed E-state index contributed by atoms with van der Waals surface area (Å²) in [6, 6.07) is 1.56. The van der Waals surface area contributed by atoms with Crippen LogP contribution in [0.4, 0.5) is 0 Å². The van der Waals surface area contributed by atoms with Crippen molar-refractivity contribution < 1.29 is 12.8 Å². The van der Waals surface area contributed by atoms with E-state index in [0.717, 1.165) is 6.42 Å². The molecular weight excluding hydrogens is 228 g/mol. The van der Waals surface area contributed by atoms with Crippen LogP contribution in [0.15, 0.2) is 15.4 Å². The standard InChI is InChI=1S/C10H18N2O3S/c1-4-5-12-16(13,14)10-6-9(7-11-3)15-8(10)2/h6,11-12H,4-5,7H2,1-3H3. The number of nitrogens with one attached hydrogen (secondary N) is 2. The molecule has 1 aromatic rings. The third-order valence-electron chi connectivity index (χ3n) is 2.11. The summed E-state index contributed by atoms with van der Waals surface area (Å²) in [5.41, 5.74) is 0. The van der Waals surface area contributed by atoms with Gasteiger partial charge in [-0.1, -0.05) is 6.92 Å². The van der Waals surface area contributed by atoms with Gasteiger partial charge < -0.3 is 9.73 Å². The molecule has 0 saturated heterocycles. The van der Waals surface area contributed by atoms with E-state index in [0.29, 0.717) is 24.6 Å². The first-order valence-electron chi connectivity index (χ1n) is 5.24. The first-order chi connectivity index (χ1) is 7.51. The maximum atomic E-state index is 11.8. The van der Waals surface area contributed by atoms with Gasteiger partial charge in [-0.05, 0) is 20.4 Å². The van der Waals surface area contributed by atoms with E-state index >= 15 is 0 Å². The highest BCUT2D eigenvalue weighted by Crippen LogP contribution is 2.19. The van der Waals surface area contributed by atoms with E-state index in [1.165, 1.54) is 0 Å². The molecule has 0 atom stereocenters. The van der Waals surface area contributed by atoms with Crippen LogP contribution >= 0.6 is 0 Å². The van der Waals surface area contributed by atoms with Crippen molar-refractivity contribution in [1.29, 1.82) is 0 Å². The predicted octanol–water partition coefficient (Wildman–Crippen LogP) is 0.996. The molecule has 0 spiro atoms. The molecule has 2 N–H and O–H groups in total. The summed E-state index contributed by atoms with van der Waals surface area (Å²) >= 11 is 0. The fourth-order valence-corrected chi connectivity index (χ4v) is 2.70. The topological polar surface area (TPSA) is 71.3 Å².